The van der Waals surface area contributed by atoms with Crippen molar-refractivity contribution in [3.8, 4) is 0 Å². The van der Waals surface area contributed by atoms with E-state index >= 15 is 0 Å². The van der Waals surface area contributed by atoms with Crippen LogP contribution in [0, 0.1) is 10.1 Å². The van der Waals surface area contributed by atoms with Crippen LogP contribution in [0.3, 0.4) is 0 Å². The maximum absolute atomic E-state index is 13.0. The molecule has 0 spiro atoms. The molecule has 2 heterocycles. The van der Waals surface area contributed by atoms with Gasteiger partial charge in [0.15, 0.2) is 11.4 Å². The highest BCUT2D eigenvalue weighted by Gasteiger charge is 2.18. The monoisotopic (exact) mass is 443 g/mol. The number of nitrogens with zero attached hydrogens (tertiary/aromatic N) is 5. The van der Waals surface area contributed by atoms with E-state index < -0.39 is 4.92 Å². The van der Waals surface area contributed by atoms with Gasteiger partial charge in [-0.15, -0.1) is 10.2 Å². The Morgan fingerprint density at radius 1 is 1.00 bits per heavy atom. The molecule has 32 heavy (non-hydrogen) atoms. The van der Waals surface area contributed by atoms with Gasteiger partial charge in [0.05, 0.1) is 21.6 Å². The molecule has 0 saturated heterocycles. The third kappa shape index (κ3) is 3.27. The zero-order chi connectivity index (χ0) is 22.2. The standard InChI is InChI=1S/C23H17N5O3S/c1-2-27-18-11-4-3-7-17(18)21-22(27)24-23(26-25-21)32-13-20(29)16-10-5-9-15-14(16)8-6-12-19(15)28(30)31/h3-12H,2,13H2,1H3. The van der Waals surface area contributed by atoms with Crippen LogP contribution < -0.4 is 0 Å². The molecule has 0 aliphatic heterocycles. The number of hydrogen-bond acceptors (Lipinski definition) is 7. The second-order valence-electron chi connectivity index (χ2n) is 7.17. The lowest BCUT2D eigenvalue weighted by Crippen LogP contribution is -2.05. The van der Waals surface area contributed by atoms with E-state index in [0.717, 1.165) is 28.6 Å². The van der Waals surface area contributed by atoms with Crippen molar-refractivity contribution in [1.29, 1.82) is 0 Å². The Morgan fingerprint density at radius 3 is 2.56 bits per heavy atom. The number of Topliss-reactive ketones (excluding diaryl/α,β-unsaturated/α-hetero) is 1. The number of nitro groups is 1. The van der Waals surface area contributed by atoms with Crippen LogP contribution in [0.25, 0.3) is 32.8 Å². The average molecular weight is 443 g/mol. The highest BCUT2D eigenvalue weighted by atomic mass is 32.2. The first-order valence-corrected chi connectivity index (χ1v) is 11.0. The van der Waals surface area contributed by atoms with Crippen LogP contribution in [0.5, 0.6) is 0 Å². The van der Waals surface area contributed by atoms with Crippen molar-refractivity contribution in [3.63, 3.8) is 0 Å². The van der Waals surface area contributed by atoms with Crippen LogP contribution in [0.2, 0.25) is 0 Å². The smallest absolute Gasteiger partial charge is 0.277 e. The van der Waals surface area contributed by atoms with Gasteiger partial charge >= 0.3 is 0 Å². The van der Waals surface area contributed by atoms with Crippen molar-refractivity contribution in [3.05, 3.63) is 76.3 Å². The molecule has 9 heteroatoms. The second kappa shape index (κ2) is 8.01. The molecule has 0 N–H and O–H groups in total. The van der Waals surface area contributed by atoms with Gasteiger partial charge in [-0.3, -0.25) is 14.9 Å². The number of hydrogen-bond donors (Lipinski definition) is 0. The molecule has 158 valence electrons. The molecule has 0 bridgehead atoms. The molecular weight excluding hydrogens is 426 g/mol. The molecule has 0 radical (unpaired) electrons. The largest absolute Gasteiger partial charge is 0.324 e. The lowest BCUT2D eigenvalue weighted by molar-refractivity contribution is -0.383. The van der Waals surface area contributed by atoms with E-state index in [9.17, 15) is 14.9 Å². The fourth-order valence-electron chi connectivity index (χ4n) is 3.97. The van der Waals surface area contributed by atoms with E-state index in [1.807, 2.05) is 31.2 Å². The molecule has 2 aromatic heterocycles. The predicted molar refractivity (Wildman–Crippen MR) is 124 cm³/mol. The minimum atomic E-state index is -0.438. The van der Waals surface area contributed by atoms with Crippen molar-refractivity contribution in [2.75, 3.05) is 5.75 Å². The van der Waals surface area contributed by atoms with Gasteiger partial charge in [-0.2, -0.15) is 0 Å². The summed E-state index contributed by atoms with van der Waals surface area (Å²) in [5, 5.41) is 22.3. The van der Waals surface area contributed by atoms with Gasteiger partial charge in [0.25, 0.3) is 5.69 Å². The Labute approximate surface area is 186 Å². The number of para-hydroxylation sites is 1. The summed E-state index contributed by atoms with van der Waals surface area (Å²) in [4.78, 5) is 28.5. The van der Waals surface area contributed by atoms with Gasteiger partial charge in [-0.1, -0.05) is 54.2 Å². The third-order valence-electron chi connectivity index (χ3n) is 5.40. The average Bonchev–Trinajstić information content (AvgIpc) is 3.14. The number of carbonyl (C=O) groups excluding carboxylic acids is 1. The van der Waals surface area contributed by atoms with Crippen molar-refractivity contribution < 1.29 is 9.72 Å². The number of fused-ring (bicyclic) bond motifs is 4. The van der Waals surface area contributed by atoms with E-state index in [2.05, 4.69) is 19.7 Å². The highest BCUT2D eigenvalue weighted by Crippen LogP contribution is 2.30. The summed E-state index contributed by atoms with van der Waals surface area (Å²) in [6.07, 6.45) is 0. The Bertz CT molecular complexity index is 1530. The number of benzene rings is 3. The number of aryl methyl sites for hydroxylation is 1. The van der Waals surface area contributed by atoms with Crippen molar-refractivity contribution in [1.82, 2.24) is 19.7 Å². The molecule has 0 unspecified atom stereocenters. The van der Waals surface area contributed by atoms with E-state index in [1.165, 1.54) is 17.8 Å². The first-order chi connectivity index (χ1) is 15.6. The number of rotatable bonds is 6. The van der Waals surface area contributed by atoms with E-state index in [1.54, 1.807) is 30.3 Å². The molecule has 5 rings (SSSR count). The molecule has 0 saturated carbocycles. The first-order valence-electron chi connectivity index (χ1n) is 10.0. The third-order valence-corrected chi connectivity index (χ3v) is 6.24. The maximum atomic E-state index is 13.0. The summed E-state index contributed by atoms with van der Waals surface area (Å²) in [5.74, 6) is -0.0535. The van der Waals surface area contributed by atoms with E-state index in [4.69, 9.17) is 0 Å². The van der Waals surface area contributed by atoms with Crippen LogP contribution in [0.4, 0.5) is 5.69 Å². The normalized spacial score (nSPS) is 11.4. The zero-order valence-electron chi connectivity index (χ0n) is 17.1. The fourth-order valence-corrected chi connectivity index (χ4v) is 4.64. The molecule has 0 atom stereocenters. The van der Waals surface area contributed by atoms with Gasteiger partial charge in [0.2, 0.25) is 5.16 Å². The van der Waals surface area contributed by atoms with Crippen LogP contribution in [0.1, 0.15) is 17.3 Å². The van der Waals surface area contributed by atoms with Gasteiger partial charge < -0.3 is 4.57 Å². The van der Waals surface area contributed by atoms with Crippen molar-refractivity contribution in [2.24, 2.45) is 0 Å². The summed E-state index contributed by atoms with van der Waals surface area (Å²) < 4.78 is 2.08. The van der Waals surface area contributed by atoms with Crippen molar-refractivity contribution >= 4 is 56.1 Å². The van der Waals surface area contributed by atoms with E-state index in [-0.39, 0.29) is 17.2 Å². The number of aromatic nitrogens is 4. The predicted octanol–water partition coefficient (Wildman–Crippen LogP) is 5.04. The van der Waals surface area contributed by atoms with Crippen LogP contribution in [-0.2, 0) is 6.54 Å². The van der Waals surface area contributed by atoms with Gasteiger partial charge in [-0.25, -0.2) is 4.98 Å². The minimum Gasteiger partial charge on any atom is -0.324 e. The number of ketones is 1. The molecule has 0 aliphatic rings. The lowest BCUT2D eigenvalue weighted by atomic mass is 10.0. The van der Waals surface area contributed by atoms with E-state index in [0.29, 0.717) is 21.5 Å². The SMILES string of the molecule is CCn1c2ccccc2c2nnc(SCC(=O)c3cccc4c([N+](=O)[O-])cccc34)nc21. The Morgan fingerprint density at radius 2 is 1.75 bits per heavy atom. The lowest BCUT2D eigenvalue weighted by Gasteiger charge is -2.06. The fraction of sp³-hybridized carbons (Fsp3) is 0.130. The summed E-state index contributed by atoms with van der Waals surface area (Å²) in [7, 11) is 0. The van der Waals surface area contributed by atoms with Gasteiger partial charge in [-0.05, 0) is 24.4 Å². The number of nitro benzene ring substituents is 1. The Balaban J connectivity index is 1.46. The molecule has 0 aliphatic carbocycles. The molecule has 0 fully saturated rings. The maximum Gasteiger partial charge on any atom is 0.277 e. The number of non-ortho nitro benzene ring substituents is 1. The molecule has 8 nitrogen and oxygen atoms in total. The summed E-state index contributed by atoms with van der Waals surface area (Å²) in [6, 6.07) is 17.7. The van der Waals surface area contributed by atoms with Crippen molar-refractivity contribution in [2.45, 2.75) is 18.6 Å². The summed E-state index contributed by atoms with van der Waals surface area (Å²) in [6.45, 7) is 2.78. The Hall–Kier alpha value is -3.85. The molecule has 0 amide bonds. The molecular formula is C23H17N5O3S. The summed E-state index contributed by atoms with van der Waals surface area (Å²) >= 11 is 1.20. The zero-order valence-corrected chi connectivity index (χ0v) is 17.9. The van der Waals surface area contributed by atoms with Crippen LogP contribution in [0.15, 0.2) is 65.8 Å². The summed E-state index contributed by atoms with van der Waals surface area (Å²) in [5.41, 5.74) is 2.94. The first kappa shape index (κ1) is 20.1. The number of thioether (sulfide) groups is 1. The Kier molecular flexibility index (Phi) is 5.02. The van der Waals surface area contributed by atoms with Gasteiger partial charge in [0.1, 0.15) is 5.52 Å². The minimum absolute atomic E-state index is 0.0184. The molecule has 5 aromatic rings. The van der Waals surface area contributed by atoms with Crippen LogP contribution in [-0.4, -0.2) is 36.2 Å². The quantitative estimate of drug-likeness (QED) is 0.157. The van der Waals surface area contributed by atoms with Crippen LogP contribution >= 0.6 is 11.8 Å². The topological polar surface area (TPSA) is 104 Å². The molecule has 3 aromatic carbocycles. The highest BCUT2D eigenvalue weighted by molar-refractivity contribution is 7.99. The second-order valence-corrected chi connectivity index (χ2v) is 8.12. The number of carbonyl (C=O) groups is 1. The van der Waals surface area contributed by atoms with Gasteiger partial charge in [0, 0.05) is 23.6 Å².